The highest BCUT2D eigenvalue weighted by Gasteiger charge is 2.26. The highest BCUT2D eigenvalue weighted by atomic mass is 16.5. The van der Waals surface area contributed by atoms with E-state index in [4.69, 9.17) is 4.74 Å². The molecule has 2 atom stereocenters. The Morgan fingerprint density at radius 3 is 3.00 bits per heavy atom. The van der Waals surface area contributed by atoms with Gasteiger partial charge in [0.05, 0.1) is 26.3 Å². The summed E-state index contributed by atoms with van der Waals surface area (Å²) in [7, 11) is 1.63. The minimum absolute atomic E-state index is 0.0197. The summed E-state index contributed by atoms with van der Waals surface area (Å²) in [5, 5.41) is 12.3. The first kappa shape index (κ1) is 15.8. The van der Waals surface area contributed by atoms with Crippen molar-refractivity contribution in [1.29, 1.82) is 0 Å². The summed E-state index contributed by atoms with van der Waals surface area (Å²) in [6, 6.07) is 7.70. The molecule has 1 aliphatic heterocycles. The number of likely N-dealkylation sites (tertiary alicyclic amines) is 1. The molecule has 0 aromatic heterocycles. The Labute approximate surface area is 125 Å². The zero-order chi connectivity index (χ0) is 15.2. The number of ether oxygens (including phenoxy) is 1. The fourth-order valence-electron chi connectivity index (χ4n) is 2.88. The van der Waals surface area contributed by atoms with Gasteiger partial charge in [-0.3, -0.25) is 9.69 Å². The van der Waals surface area contributed by atoms with Crippen LogP contribution in [0.1, 0.15) is 31.4 Å². The number of methoxy groups -OCH3 is 1. The molecular formula is C16H24N2O3. The standard InChI is InChI=1S/C16H24N2O3/c1-12(14-7-3-4-8-15(14)21-2)17-16(20)10-18-9-5-6-13(18)11-19/h3-4,7-8,12-13,19H,5-6,9-11H2,1-2H3,(H,17,20)/t12-,13-/m0/s1. The summed E-state index contributed by atoms with van der Waals surface area (Å²) < 4.78 is 5.32. The monoisotopic (exact) mass is 292 g/mol. The van der Waals surface area contributed by atoms with E-state index in [1.54, 1.807) is 7.11 Å². The van der Waals surface area contributed by atoms with Crippen molar-refractivity contribution >= 4 is 5.91 Å². The van der Waals surface area contributed by atoms with Crippen LogP contribution in [0.5, 0.6) is 5.75 Å². The van der Waals surface area contributed by atoms with Crippen molar-refractivity contribution in [3.63, 3.8) is 0 Å². The van der Waals surface area contributed by atoms with Crippen molar-refractivity contribution in [3.8, 4) is 5.75 Å². The molecule has 116 valence electrons. The molecular weight excluding hydrogens is 268 g/mol. The van der Waals surface area contributed by atoms with Crippen LogP contribution in [0.3, 0.4) is 0 Å². The lowest BCUT2D eigenvalue weighted by Gasteiger charge is -2.23. The molecule has 2 rings (SSSR count). The molecule has 0 aliphatic carbocycles. The molecule has 1 heterocycles. The first-order valence-electron chi connectivity index (χ1n) is 7.43. The maximum absolute atomic E-state index is 12.2. The van der Waals surface area contributed by atoms with Gasteiger partial charge in [0.25, 0.3) is 0 Å². The van der Waals surface area contributed by atoms with Crippen LogP contribution >= 0.6 is 0 Å². The van der Waals surface area contributed by atoms with Crippen molar-refractivity contribution in [3.05, 3.63) is 29.8 Å². The average molecular weight is 292 g/mol. The fourth-order valence-corrected chi connectivity index (χ4v) is 2.88. The van der Waals surface area contributed by atoms with Gasteiger partial charge in [-0.05, 0) is 32.4 Å². The molecule has 1 amide bonds. The molecule has 5 nitrogen and oxygen atoms in total. The second-order valence-corrected chi connectivity index (χ2v) is 5.48. The smallest absolute Gasteiger partial charge is 0.234 e. The predicted octanol–water partition coefficient (Wildman–Crippen LogP) is 1.33. The number of carbonyl (C=O) groups excluding carboxylic acids is 1. The van der Waals surface area contributed by atoms with Crippen LogP contribution < -0.4 is 10.1 Å². The SMILES string of the molecule is COc1ccccc1[C@H](C)NC(=O)CN1CCC[C@H]1CO. The molecule has 1 fully saturated rings. The number of nitrogens with zero attached hydrogens (tertiary/aromatic N) is 1. The number of aliphatic hydroxyl groups excluding tert-OH is 1. The van der Waals surface area contributed by atoms with E-state index in [1.165, 1.54) is 0 Å². The van der Waals surface area contributed by atoms with E-state index in [1.807, 2.05) is 36.1 Å². The van der Waals surface area contributed by atoms with Crippen LogP contribution in [0, 0.1) is 0 Å². The van der Waals surface area contributed by atoms with Crippen molar-refractivity contribution in [2.75, 3.05) is 26.8 Å². The molecule has 0 unspecified atom stereocenters. The van der Waals surface area contributed by atoms with E-state index in [0.29, 0.717) is 6.54 Å². The molecule has 0 saturated carbocycles. The van der Waals surface area contributed by atoms with Gasteiger partial charge in [-0.1, -0.05) is 18.2 Å². The number of nitrogens with one attached hydrogen (secondary N) is 1. The second-order valence-electron chi connectivity index (χ2n) is 5.48. The molecule has 1 saturated heterocycles. The van der Waals surface area contributed by atoms with Crippen LogP contribution in [0.15, 0.2) is 24.3 Å². The molecule has 1 aliphatic rings. The predicted molar refractivity (Wildman–Crippen MR) is 81.2 cm³/mol. The van der Waals surface area contributed by atoms with Crippen molar-refractivity contribution < 1.29 is 14.6 Å². The summed E-state index contributed by atoms with van der Waals surface area (Å²) in [6.07, 6.45) is 2.01. The van der Waals surface area contributed by atoms with E-state index in [-0.39, 0.29) is 24.6 Å². The summed E-state index contributed by atoms with van der Waals surface area (Å²) in [4.78, 5) is 14.2. The zero-order valence-corrected chi connectivity index (χ0v) is 12.7. The second kappa shape index (κ2) is 7.43. The number of carbonyl (C=O) groups is 1. The highest BCUT2D eigenvalue weighted by Crippen LogP contribution is 2.24. The maximum atomic E-state index is 12.2. The summed E-state index contributed by atoms with van der Waals surface area (Å²) in [5.41, 5.74) is 0.966. The van der Waals surface area contributed by atoms with E-state index >= 15 is 0 Å². The van der Waals surface area contributed by atoms with E-state index in [9.17, 15) is 9.90 Å². The molecule has 0 bridgehead atoms. The first-order chi connectivity index (χ1) is 10.2. The molecule has 5 heteroatoms. The van der Waals surface area contributed by atoms with Gasteiger partial charge in [-0.2, -0.15) is 0 Å². The average Bonchev–Trinajstić information content (AvgIpc) is 2.94. The van der Waals surface area contributed by atoms with Gasteiger partial charge in [-0.25, -0.2) is 0 Å². The van der Waals surface area contributed by atoms with Gasteiger partial charge < -0.3 is 15.2 Å². The van der Waals surface area contributed by atoms with E-state index in [0.717, 1.165) is 30.7 Å². The van der Waals surface area contributed by atoms with Crippen LogP contribution in [-0.2, 0) is 4.79 Å². The zero-order valence-electron chi connectivity index (χ0n) is 12.7. The number of rotatable bonds is 6. The quantitative estimate of drug-likeness (QED) is 0.830. The summed E-state index contributed by atoms with van der Waals surface area (Å²) in [5.74, 6) is 0.758. The largest absolute Gasteiger partial charge is 0.496 e. The lowest BCUT2D eigenvalue weighted by Crippen LogP contribution is -2.41. The minimum atomic E-state index is -0.108. The number of aliphatic hydroxyl groups is 1. The maximum Gasteiger partial charge on any atom is 0.234 e. The van der Waals surface area contributed by atoms with Gasteiger partial charge in [0, 0.05) is 11.6 Å². The molecule has 2 N–H and O–H groups in total. The van der Waals surface area contributed by atoms with Gasteiger partial charge in [-0.15, -0.1) is 0 Å². The number of hydrogen-bond acceptors (Lipinski definition) is 4. The third-order valence-corrected chi connectivity index (χ3v) is 4.04. The number of hydrogen-bond donors (Lipinski definition) is 2. The Morgan fingerprint density at radius 2 is 2.29 bits per heavy atom. The lowest BCUT2D eigenvalue weighted by atomic mass is 10.1. The van der Waals surface area contributed by atoms with Crippen LogP contribution in [0.4, 0.5) is 0 Å². The third kappa shape index (κ3) is 3.95. The molecule has 0 radical (unpaired) electrons. The molecule has 21 heavy (non-hydrogen) atoms. The van der Waals surface area contributed by atoms with Gasteiger partial charge in [0.2, 0.25) is 5.91 Å². The minimum Gasteiger partial charge on any atom is -0.496 e. The Hall–Kier alpha value is -1.59. The topological polar surface area (TPSA) is 61.8 Å². The van der Waals surface area contributed by atoms with E-state index in [2.05, 4.69) is 5.32 Å². The normalized spacial score (nSPS) is 20.2. The van der Waals surface area contributed by atoms with Crippen LogP contribution in [0.25, 0.3) is 0 Å². The lowest BCUT2D eigenvalue weighted by molar-refractivity contribution is -0.123. The summed E-state index contributed by atoms with van der Waals surface area (Å²) in [6.45, 7) is 3.28. The van der Waals surface area contributed by atoms with Crippen molar-refractivity contribution in [2.45, 2.75) is 31.8 Å². The van der Waals surface area contributed by atoms with Crippen molar-refractivity contribution in [2.24, 2.45) is 0 Å². The van der Waals surface area contributed by atoms with Crippen LogP contribution in [0.2, 0.25) is 0 Å². The Bertz CT molecular complexity index is 478. The van der Waals surface area contributed by atoms with Crippen LogP contribution in [-0.4, -0.2) is 48.8 Å². The van der Waals surface area contributed by atoms with Gasteiger partial charge in [0.1, 0.15) is 5.75 Å². The van der Waals surface area contributed by atoms with Gasteiger partial charge in [0.15, 0.2) is 0 Å². The number of para-hydroxylation sites is 1. The Kier molecular flexibility index (Phi) is 5.59. The molecule has 1 aromatic carbocycles. The van der Waals surface area contributed by atoms with E-state index < -0.39 is 0 Å². The molecule has 1 aromatic rings. The summed E-state index contributed by atoms with van der Waals surface area (Å²) >= 11 is 0. The Balaban J connectivity index is 1.93. The molecule has 0 spiro atoms. The Morgan fingerprint density at radius 1 is 1.52 bits per heavy atom. The number of benzene rings is 1. The number of amides is 1. The highest BCUT2D eigenvalue weighted by molar-refractivity contribution is 5.78. The fraction of sp³-hybridized carbons (Fsp3) is 0.562. The third-order valence-electron chi connectivity index (χ3n) is 4.04. The first-order valence-corrected chi connectivity index (χ1v) is 7.43. The van der Waals surface area contributed by atoms with Crippen molar-refractivity contribution in [1.82, 2.24) is 10.2 Å². The van der Waals surface area contributed by atoms with Gasteiger partial charge >= 0.3 is 0 Å².